The van der Waals surface area contributed by atoms with Crippen molar-refractivity contribution in [2.75, 3.05) is 11.8 Å². The molecule has 0 bridgehead atoms. The number of sulfonamides is 1. The largest absolute Gasteiger partial charge is 0.495 e. The van der Waals surface area contributed by atoms with Gasteiger partial charge in [0, 0.05) is 13.2 Å². The highest BCUT2D eigenvalue weighted by Gasteiger charge is 2.23. The Kier molecular flexibility index (Phi) is 4.51. The van der Waals surface area contributed by atoms with Crippen molar-refractivity contribution in [1.82, 2.24) is 4.57 Å². The maximum atomic E-state index is 12.8. The number of benzene rings is 1. The van der Waals surface area contributed by atoms with E-state index in [0.717, 1.165) is 5.56 Å². The van der Waals surface area contributed by atoms with E-state index in [4.69, 9.17) is 4.74 Å². The van der Waals surface area contributed by atoms with Gasteiger partial charge < -0.3 is 9.30 Å². The zero-order valence-electron chi connectivity index (χ0n) is 13.8. The molecule has 1 heterocycles. The summed E-state index contributed by atoms with van der Waals surface area (Å²) >= 11 is 0. The van der Waals surface area contributed by atoms with Crippen molar-refractivity contribution < 1.29 is 13.2 Å². The maximum Gasteiger partial charge on any atom is 0.274 e. The number of pyridine rings is 1. The molecule has 0 saturated carbocycles. The van der Waals surface area contributed by atoms with Crippen LogP contribution in [0.15, 0.2) is 34.1 Å². The highest BCUT2D eigenvalue weighted by molar-refractivity contribution is 7.92. The lowest BCUT2D eigenvalue weighted by molar-refractivity contribution is 0.399. The fourth-order valence-corrected chi connectivity index (χ4v) is 3.87. The highest BCUT2D eigenvalue weighted by Crippen LogP contribution is 2.30. The lowest BCUT2D eigenvalue weighted by Crippen LogP contribution is -2.25. The summed E-state index contributed by atoms with van der Waals surface area (Å²) in [5.41, 5.74) is 1.69. The Balaban J connectivity index is 2.62. The van der Waals surface area contributed by atoms with E-state index in [-0.39, 0.29) is 16.3 Å². The minimum Gasteiger partial charge on any atom is -0.495 e. The van der Waals surface area contributed by atoms with Crippen LogP contribution in [0, 0.1) is 20.8 Å². The molecule has 1 aromatic carbocycles. The van der Waals surface area contributed by atoms with Crippen LogP contribution in [-0.2, 0) is 17.1 Å². The van der Waals surface area contributed by atoms with Gasteiger partial charge in [-0.3, -0.25) is 9.52 Å². The predicted molar refractivity (Wildman–Crippen MR) is 89.7 cm³/mol. The number of aromatic nitrogens is 1. The van der Waals surface area contributed by atoms with Gasteiger partial charge in [-0.25, -0.2) is 8.42 Å². The predicted octanol–water partition coefficient (Wildman–Crippen LogP) is 2.12. The summed E-state index contributed by atoms with van der Waals surface area (Å²) in [6, 6.07) is 5.04. The first-order valence-corrected chi connectivity index (χ1v) is 8.50. The molecule has 0 aliphatic heterocycles. The fourth-order valence-electron chi connectivity index (χ4n) is 2.41. The van der Waals surface area contributed by atoms with Crippen molar-refractivity contribution in [2.24, 2.45) is 7.05 Å². The third-order valence-corrected chi connectivity index (χ3v) is 4.95. The van der Waals surface area contributed by atoms with Crippen molar-refractivity contribution in [3.05, 3.63) is 51.4 Å². The number of nitrogens with zero attached hydrogens (tertiary/aromatic N) is 1. The molecule has 6 nitrogen and oxygen atoms in total. The molecule has 2 aromatic rings. The summed E-state index contributed by atoms with van der Waals surface area (Å²) in [5.74, 6) is 0.272. The van der Waals surface area contributed by atoms with Gasteiger partial charge in [-0.1, -0.05) is 6.07 Å². The van der Waals surface area contributed by atoms with Crippen molar-refractivity contribution >= 4 is 15.7 Å². The first kappa shape index (κ1) is 17.1. The Morgan fingerprint density at radius 1 is 1.13 bits per heavy atom. The number of hydrogen-bond donors (Lipinski definition) is 1. The number of hydrogen-bond acceptors (Lipinski definition) is 4. The van der Waals surface area contributed by atoms with Gasteiger partial charge in [0.1, 0.15) is 16.3 Å². The molecule has 0 aliphatic rings. The summed E-state index contributed by atoms with van der Waals surface area (Å²) in [4.78, 5) is 12.2. The van der Waals surface area contributed by atoms with Crippen LogP contribution >= 0.6 is 0 Å². The number of methoxy groups -OCH3 is 1. The SMILES string of the molecule is COc1c(C)cc(C)cc1S(=O)(=O)Nc1c(C)ccn(C)c1=O. The van der Waals surface area contributed by atoms with Gasteiger partial charge in [0.2, 0.25) is 0 Å². The molecule has 1 N–H and O–H groups in total. The monoisotopic (exact) mass is 336 g/mol. The summed E-state index contributed by atoms with van der Waals surface area (Å²) in [6.07, 6.45) is 1.59. The third-order valence-electron chi connectivity index (χ3n) is 3.59. The Morgan fingerprint density at radius 2 is 1.78 bits per heavy atom. The summed E-state index contributed by atoms with van der Waals surface area (Å²) in [7, 11) is -0.965. The smallest absolute Gasteiger partial charge is 0.274 e. The van der Waals surface area contributed by atoms with E-state index in [0.29, 0.717) is 11.1 Å². The molecular weight excluding hydrogens is 316 g/mol. The van der Waals surface area contributed by atoms with Gasteiger partial charge in [-0.2, -0.15) is 0 Å². The second-order valence-corrected chi connectivity index (χ2v) is 7.16. The average molecular weight is 336 g/mol. The number of nitrogens with one attached hydrogen (secondary N) is 1. The van der Waals surface area contributed by atoms with Crippen LogP contribution in [0.4, 0.5) is 5.69 Å². The van der Waals surface area contributed by atoms with Gasteiger partial charge >= 0.3 is 0 Å². The molecule has 0 radical (unpaired) electrons. The molecule has 1 aromatic heterocycles. The molecule has 2 rings (SSSR count). The van der Waals surface area contributed by atoms with E-state index in [1.54, 1.807) is 40.1 Å². The van der Waals surface area contributed by atoms with E-state index in [1.807, 2.05) is 6.07 Å². The molecule has 23 heavy (non-hydrogen) atoms. The fraction of sp³-hybridized carbons (Fsp3) is 0.312. The van der Waals surface area contributed by atoms with Crippen LogP contribution in [0.5, 0.6) is 5.75 Å². The highest BCUT2D eigenvalue weighted by atomic mass is 32.2. The maximum absolute atomic E-state index is 12.8. The minimum absolute atomic E-state index is 0.0165. The average Bonchev–Trinajstić information content (AvgIpc) is 2.47. The molecule has 124 valence electrons. The standard InChI is InChI=1S/C16H20N2O4S/c1-10-8-12(3)15(22-5)13(9-10)23(20,21)17-14-11(2)6-7-18(4)16(14)19/h6-9,17H,1-5H3. The first-order chi connectivity index (χ1) is 10.7. The van der Waals surface area contributed by atoms with Crippen molar-refractivity contribution in [3.8, 4) is 5.75 Å². The second kappa shape index (κ2) is 6.08. The minimum atomic E-state index is -3.95. The van der Waals surface area contributed by atoms with E-state index in [9.17, 15) is 13.2 Å². The number of aryl methyl sites for hydroxylation is 4. The van der Waals surface area contributed by atoms with E-state index < -0.39 is 15.6 Å². The molecule has 0 spiro atoms. The molecule has 0 unspecified atom stereocenters. The number of rotatable bonds is 4. The van der Waals surface area contributed by atoms with Gasteiger partial charge in [0.15, 0.2) is 0 Å². The first-order valence-electron chi connectivity index (χ1n) is 7.01. The summed E-state index contributed by atoms with van der Waals surface area (Å²) in [5, 5.41) is 0. The number of anilines is 1. The molecule has 7 heteroatoms. The van der Waals surface area contributed by atoms with Crippen LogP contribution in [0.3, 0.4) is 0 Å². The van der Waals surface area contributed by atoms with Crippen LogP contribution in [0.1, 0.15) is 16.7 Å². The Labute approximate surface area is 135 Å². The zero-order valence-corrected chi connectivity index (χ0v) is 14.6. The Hall–Kier alpha value is -2.28. The number of ether oxygens (including phenoxy) is 1. The lowest BCUT2D eigenvalue weighted by atomic mass is 10.1. The zero-order chi connectivity index (χ0) is 17.4. The van der Waals surface area contributed by atoms with Crippen molar-refractivity contribution in [2.45, 2.75) is 25.7 Å². The van der Waals surface area contributed by atoms with Crippen LogP contribution in [-0.4, -0.2) is 20.1 Å². The molecule has 0 atom stereocenters. The lowest BCUT2D eigenvalue weighted by Gasteiger charge is -2.15. The van der Waals surface area contributed by atoms with Gasteiger partial charge in [-0.05, 0) is 49.6 Å². The summed E-state index contributed by atoms with van der Waals surface area (Å²) < 4.78 is 34.5. The normalized spacial score (nSPS) is 11.3. The van der Waals surface area contributed by atoms with Crippen LogP contribution in [0.2, 0.25) is 0 Å². The van der Waals surface area contributed by atoms with Crippen LogP contribution in [0.25, 0.3) is 0 Å². The second-order valence-electron chi connectivity index (χ2n) is 5.51. The molecule has 0 amide bonds. The summed E-state index contributed by atoms with van der Waals surface area (Å²) in [6.45, 7) is 5.26. The Morgan fingerprint density at radius 3 is 2.39 bits per heavy atom. The van der Waals surface area contributed by atoms with Crippen molar-refractivity contribution in [3.63, 3.8) is 0 Å². The molecule has 0 fully saturated rings. The van der Waals surface area contributed by atoms with Gasteiger partial charge in [0.25, 0.3) is 15.6 Å². The van der Waals surface area contributed by atoms with E-state index in [1.165, 1.54) is 17.7 Å². The topological polar surface area (TPSA) is 77.4 Å². The van der Waals surface area contributed by atoms with Crippen molar-refractivity contribution in [1.29, 1.82) is 0 Å². The molecule has 0 saturated heterocycles. The molecule has 0 aliphatic carbocycles. The van der Waals surface area contributed by atoms with Gasteiger partial charge in [0.05, 0.1) is 7.11 Å². The van der Waals surface area contributed by atoms with E-state index >= 15 is 0 Å². The third kappa shape index (κ3) is 3.24. The quantitative estimate of drug-likeness (QED) is 0.928. The van der Waals surface area contributed by atoms with E-state index in [2.05, 4.69) is 4.72 Å². The van der Waals surface area contributed by atoms with Crippen LogP contribution < -0.4 is 15.0 Å². The van der Waals surface area contributed by atoms with Gasteiger partial charge in [-0.15, -0.1) is 0 Å². The molecular formula is C16H20N2O4S. The Bertz CT molecular complexity index is 914.